The van der Waals surface area contributed by atoms with Crippen molar-refractivity contribution in [3.8, 4) is 11.5 Å². The maximum Gasteiger partial charge on any atom is 0.329 e. The molecule has 0 aromatic heterocycles. The molecule has 3 amide bonds. The Hall–Kier alpha value is -2.50. The van der Waals surface area contributed by atoms with Gasteiger partial charge in [-0.1, -0.05) is 13.0 Å². The monoisotopic (exact) mass is 318 g/mol. The van der Waals surface area contributed by atoms with Crippen molar-refractivity contribution >= 4 is 18.0 Å². The lowest BCUT2D eigenvalue weighted by atomic mass is 10.1. The van der Waals surface area contributed by atoms with Gasteiger partial charge in [-0.15, -0.1) is 0 Å². The zero-order chi connectivity index (χ0) is 16.8. The molecule has 23 heavy (non-hydrogen) atoms. The number of carbonyl (C=O) groups excluding carboxylic acids is 2. The zero-order valence-electron chi connectivity index (χ0n) is 13.7. The third-order valence-corrected chi connectivity index (χ3v) is 3.29. The predicted molar refractivity (Wildman–Crippen MR) is 87.3 cm³/mol. The number of nitrogens with one attached hydrogen (secondary N) is 1. The highest BCUT2D eigenvalue weighted by molar-refractivity contribution is 6.13. The maximum absolute atomic E-state index is 12.2. The maximum atomic E-state index is 12.2. The van der Waals surface area contributed by atoms with Gasteiger partial charge in [0.05, 0.1) is 13.2 Å². The molecule has 6 nitrogen and oxygen atoms in total. The second kappa shape index (κ2) is 7.67. The van der Waals surface area contributed by atoms with Crippen LogP contribution < -0.4 is 14.8 Å². The third kappa shape index (κ3) is 3.83. The van der Waals surface area contributed by atoms with Crippen molar-refractivity contribution < 1.29 is 19.1 Å². The first-order valence-corrected chi connectivity index (χ1v) is 7.84. The highest BCUT2D eigenvalue weighted by Crippen LogP contribution is 2.29. The summed E-state index contributed by atoms with van der Waals surface area (Å²) in [5.74, 6) is 0.973. The molecular formula is C17H22N2O4. The van der Waals surface area contributed by atoms with E-state index < -0.39 is 0 Å². The summed E-state index contributed by atoms with van der Waals surface area (Å²) in [7, 11) is 0. The second-order valence-electron chi connectivity index (χ2n) is 5.02. The van der Waals surface area contributed by atoms with Crippen molar-refractivity contribution in [2.45, 2.75) is 27.2 Å². The van der Waals surface area contributed by atoms with E-state index in [0.717, 1.165) is 12.0 Å². The topological polar surface area (TPSA) is 67.9 Å². The lowest BCUT2D eigenvalue weighted by molar-refractivity contribution is -0.122. The number of rotatable bonds is 7. The highest BCUT2D eigenvalue weighted by atomic mass is 16.5. The first kappa shape index (κ1) is 16.9. The summed E-state index contributed by atoms with van der Waals surface area (Å²) in [6, 6.07) is 5.04. The van der Waals surface area contributed by atoms with Crippen molar-refractivity contribution in [1.29, 1.82) is 0 Å². The Morgan fingerprint density at radius 2 is 1.78 bits per heavy atom. The van der Waals surface area contributed by atoms with Gasteiger partial charge in [0.25, 0.3) is 5.91 Å². The van der Waals surface area contributed by atoms with Crippen LogP contribution in [0.3, 0.4) is 0 Å². The molecule has 1 heterocycles. The van der Waals surface area contributed by atoms with Crippen LogP contribution in [0.1, 0.15) is 32.8 Å². The number of hydrogen-bond donors (Lipinski definition) is 1. The average Bonchev–Trinajstić information content (AvgIpc) is 2.78. The minimum Gasteiger partial charge on any atom is -0.490 e. The summed E-state index contributed by atoms with van der Waals surface area (Å²) in [6.45, 7) is 7.19. The molecule has 1 fully saturated rings. The Morgan fingerprint density at radius 3 is 2.43 bits per heavy atom. The van der Waals surface area contributed by atoms with Gasteiger partial charge < -0.3 is 14.8 Å². The number of amides is 3. The molecule has 0 radical (unpaired) electrons. The number of hydrogen-bond acceptors (Lipinski definition) is 4. The van der Waals surface area contributed by atoms with E-state index in [2.05, 4.69) is 5.32 Å². The molecule has 0 atom stereocenters. The molecule has 0 bridgehead atoms. The van der Waals surface area contributed by atoms with Gasteiger partial charge in [-0.05, 0) is 44.0 Å². The van der Waals surface area contributed by atoms with E-state index in [1.54, 1.807) is 18.2 Å². The van der Waals surface area contributed by atoms with Crippen LogP contribution in [0.5, 0.6) is 11.5 Å². The summed E-state index contributed by atoms with van der Waals surface area (Å²) < 4.78 is 11.1. The molecule has 0 unspecified atom stereocenters. The van der Waals surface area contributed by atoms with Gasteiger partial charge in [0.15, 0.2) is 11.5 Å². The molecule has 1 saturated heterocycles. The number of nitrogens with zero attached hydrogens (tertiary/aromatic N) is 1. The fourth-order valence-electron chi connectivity index (χ4n) is 2.32. The van der Waals surface area contributed by atoms with E-state index >= 15 is 0 Å². The number of imide groups is 1. The van der Waals surface area contributed by atoms with Crippen molar-refractivity contribution in [2.24, 2.45) is 0 Å². The summed E-state index contributed by atoms with van der Waals surface area (Å²) in [5.41, 5.74) is 1.04. The Bertz CT molecular complexity index is 625. The van der Waals surface area contributed by atoms with Crippen LogP contribution in [0, 0.1) is 0 Å². The predicted octanol–water partition coefficient (Wildman–Crippen LogP) is 2.79. The Labute approximate surface area is 136 Å². The fraction of sp³-hybridized carbons (Fsp3) is 0.412. The van der Waals surface area contributed by atoms with Crippen LogP contribution in [0.2, 0.25) is 0 Å². The highest BCUT2D eigenvalue weighted by Gasteiger charge is 2.32. The van der Waals surface area contributed by atoms with Crippen LogP contribution in [-0.2, 0) is 4.79 Å². The van der Waals surface area contributed by atoms with Gasteiger partial charge in [-0.3, -0.25) is 9.69 Å². The first-order chi connectivity index (χ1) is 11.1. The summed E-state index contributed by atoms with van der Waals surface area (Å²) in [6.07, 6.45) is 2.37. The molecule has 1 aliphatic heterocycles. The number of urea groups is 1. The van der Waals surface area contributed by atoms with Crippen LogP contribution in [0.4, 0.5) is 4.79 Å². The van der Waals surface area contributed by atoms with E-state index in [1.807, 2.05) is 26.8 Å². The van der Waals surface area contributed by atoms with E-state index in [-0.39, 0.29) is 17.6 Å². The van der Waals surface area contributed by atoms with Crippen molar-refractivity contribution in [3.05, 3.63) is 29.5 Å². The van der Waals surface area contributed by atoms with E-state index in [9.17, 15) is 9.59 Å². The smallest absolute Gasteiger partial charge is 0.329 e. The Morgan fingerprint density at radius 1 is 1.09 bits per heavy atom. The molecule has 2 rings (SSSR count). The Balaban J connectivity index is 2.27. The van der Waals surface area contributed by atoms with E-state index in [1.165, 1.54) is 4.90 Å². The SMILES string of the molecule is CCCN1C(=O)N/C(=C/c2ccc(OCC)c(OCC)c2)C1=O. The standard InChI is InChI=1S/C17H22N2O4/c1-4-9-19-16(20)13(18-17(19)21)10-12-7-8-14(22-5-2)15(11-12)23-6-3/h7-8,10-11H,4-6,9H2,1-3H3,(H,18,21)/b13-10+. The molecule has 1 aliphatic rings. The molecule has 0 spiro atoms. The van der Waals surface area contributed by atoms with Gasteiger partial charge in [-0.25, -0.2) is 4.79 Å². The number of carbonyl (C=O) groups is 2. The van der Waals surface area contributed by atoms with Crippen LogP contribution in [0.25, 0.3) is 6.08 Å². The zero-order valence-corrected chi connectivity index (χ0v) is 13.7. The fourth-order valence-corrected chi connectivity index (χ4v) is 2.32. The first-order valence-electron chi connectivity index (χ1n) is 7.84. The Kier molecular flexibility index (Phi) is 5.62. The van der Waals surface area contributed by atoms with Crippen LogP contribution in [-0.4, -0.2) is 36.6 Å². The lowest BCUT2D eigenvalue weighted by Gasteiger charge is -2.11. The number of ether oxygens (including phenoxy) is 2. The minimum absolute atomic E-state index is 0.273. The van der Waals surface area contributed by atoms with Gasteiger partial charge in [0, 0.05) is 6.54 Å². The molecular weight excluding hydrogens is 296 g/mol. The lowest BCUT2D eigenvalue weighted by Crippen LogP contribution is -2.31. The minimum atomic E-state index is -0.376. The van der Waals surface area contributed by atoms with Gasteiger partial charge in [0.2, 0.25) is 0 Å². The van der Waals surface area contributed by atoms with Gasteiger partial charge >= 0.3 is 6.03 Å². The molecule has 0 saturated carbocycles. The molecule has 1 N–H and O–H groups in total. The summed E-state index contributed by atoms with van der Waals surface area (Å²) in [5, 5.41) is 2.60. The van der Waals surface area contributed by atoms with E-state index in [0.29, 0.717) is 31.3 Å². The largest absolute Gasteiger partial charge is 0.490 e. The molecule has 0 aliphatic carbocycles. The normalized spacial score (nSPS) is 16.0. The van der Waals surface area contributed by atoms with Crippen molar-refractivity contribution in [3.63, 3.8) is 0 Å². The summed E-state index contributed by atoms with van der Waals surface area (Å²) >= 11 is 0. The number of benzene rings is 1. The van der Waals surface area contributed by atoms with Gasteiger partial charge in [0.1, 0.15) is 5.70 Å². The van der Waals surface area contributed by atoms with Crippen LogP contribution >= 0.6 is 0 Å². The summed E-state index contributed by atoms with van der Waals surface area (Å²) in [4.78, 5) is 25.2. The van der Waals surface area contributed by atoms with Crippen molar-refractivity contribution in [1.82, 2.24) is 10.2 Å². The van der Waals surface area contributed by atoms with Crippen LogP contribution in [0.15, 0.2) is 23.9 Å². The van der Waals surface area contributed by atoms with E-state index in [4.69, 9.17) is 9.47 Å². The molecule has 1 aromatic rings. The molecule has 6 heteroatoms. The molecule has 1 aromatic carbocycles. The molecule has 124 valence electrons. The average molecular weight is 318 g/mol. The third-order valence-electron chi connectivity index (χ3n) is 3.29. The quantitative estimate of drug-likeness (QED) is 0.620. The van der Waals surface area contributed by atoms with Crippen molar-refractivity contribution in [2.75, 3.05) is 19.8 Å². The second-order valence-corrected chi connectivity index (χ2v) is 5.02. The van der Waals surface area contributed by atoms with Gasteiger partial charge in [-0.2, -0.15) is 0 Å².